The van der Waals surface area contributed by atoms with Gasteiger partial charge in [-0.15, -0.1) is 0 Å². The Morgan fingerprint density at radius 2 is 1.19 bits per heavy atom. The SMILES string of the molecule is C=C(CC(CCC(=O)CC(CC(C)COCCCCCCCC)CC1CO1)COC(CC)CC(CC)CC(=C)OCCCCCCCC)OCCCCC. The van der Waals surface area contributed by atoms with Gasteiger partial charge in [-0.25, -0.2) is 0 Å². The minimum absolute atomic E-state index is 0.172. The standard InChI is InChI=1S/C48H90O6/c1-9-14-17-19-21-24-28-50-37-40(6)31-45(36-48-39-54-48)34-46(49)27-26-44(33-42(8)51-29-23-16-11-3)38-53-47(13-5)35-43(12-4)32-41(7)52-30-25-22-20-18-15-10-2/h40,43-45,47-48H,7-39H2,1-6H3. The van der Waals surface area contributed by atoms with Crippen LogP contribution in [0.5, 0.6) is 0 Å². The van der Waals surface area contributed by atoms with Crippen LogP contribution in [0.3, 0.4) is 0 Å². The molecule has 0 bridgehead atoms. The van der Waals surface area contributed by atoms with Crippen LogP contribution in [0.1, 0.15) is 202 Å². The maximum absolute atomic E-state index is 13.5. The summed E-state index contributed by atoms with van der Waals surface area (Å²) in [5.74, 6) is 3.58. The monoisotopic (exact) mass is 763 g/mol. The van der Waals surface area contributed by atoms with Gasteiger partial charge in [-0.3, -0.25) is 4.79 Å². The molecule has 0 amide bonds. The number of ether oxygens (including phenoxy) is 5. The van der Waals surface area contributed by atoms with Gasteiger partial charge in [-0.1, -0.05) is 138 Å². The number of ketones is 1. The zero-order valence-corrected chi connectivity index (χ0v) is 36.7. The Balaban J connectivity index is 2.64. The van der Waals surface area contributed by atoms with E-state index in [0.29, 0.717) is 55.7 Å². The zero-order valence-electron chi connectivity index (χ0n) is 36.7. The normalized spacial score (nSPS) is 16.7. The first-order chi connectivity index (χ1) is 26.2. The summed E-state index contributed by atoms with van der Waals surface area (Å²) in [4.78, 5) is 13.5. The summed E-state index contributed by atoms with van der Waals surface area (Å²) in [6.07, 6.45) is 27.9. The molecular weight excluding hydrogens is 673 g/mol. The number of hydrogen-bond acceptors (Lipinski definition) is 6. The van der Waals surface area contributed by atoms with Crippen LogP contribution in [-0.2, 0) is 28.5 Å². The molecule has 0 N–H and O–H groups in total. The number of hydrogen-bond donors (Lipinski definition) is 0. The summed E-state index contributed by atoms with van der Waals surface area (Å²) < 4.78 is 30.4. The molecule has 0 aromatic rings. The lowest BCUT2D eigenvalue weighted by atomic mass is 9.86. The highest BCUT2D eigenvalue weighted by atomic mass is 16.6. The molecule has 318 valence electrons. The topological polar surface area (TPSA) is 66.5 Å². The number of carbonyl (C=O) groups is 1. The molecule has 0 radical (unpaired) electrons. The second-order valence-electron chi connectivity index (χ2n) is 16.9. The predicted octanol–water partition coefficient (Wildman–Crippen LogP) is 13.8. The van der Waals surface area contributed by atoms with Gasteiger partial charge in [0.1, 0.15) is 5.78 Å². The molecular formula is C48H90O6. The highest BCUT2D eigenvalue weighted by Gasteiger charge is 2.29. The highest BCUT2D eigenvalue weighted by Crippen LogP contribution is 2.30. The molecule has 0 aromatic heterocycles. The Kier molecular flexibility index (Phi) is 32.7. The van der Waals surface area contributed by atoms with Gasteiger partial charge in [0.2, 0.25) is 0 Å². The predicted molar refractivity (Wildman–Crippen MR) is 229 cm³/mol. The summed E-state index contributed by atoms with van der Waals surface area (Å²) in [6.45, 7) is 26.6. The molecule has 6 unspecified atom stereocenters. The lowest BCUT2D eigenvalue weighted by Crippen LogP contribution is -2.23. The first kappa shape index (κ1) is 50.6. The van der Waals surface area contributed by atoms with Gasteiger partial charge in [-0.2, -0.15) is 0 Å². The van der Waals surface area contributed by atoms with Crippen LogP contribution < -0.4 is 0 Å². The van der Waals surface area contributed by atoms with Gasteiger partial charge in [0.15, 0.2) is 0 Å². The van der Waals surface area contributed by atoms with Crippen LogP contribution in [0.2, 0.25) is 0 Å². The van der Waals surface area contributed by atoms with E-state index in [0.717, 1.165) is 109 Å². The average molecular weight is 763 g/mol. The number of unbranched alkanes of at least 4 members (excludes halogenated alkanes) is 12. The molecule has 0 aliphatic carbocycles. The molecule has 1 rings (SSSR count). The fourth-order valence-corrected chi connectivity index (χ4v) is 7.60. The van der Waals surface area contributed by atoms with E-state index < -0.39 is 0 Å². The fourth-order valence-electron chi connectivity index (χ4n) is 7.60. The lowest BCUT2D eigenvalue weighted by Gasteiger charge is -2.26. The van der Waals surface area contributed by atoms with E-state index in [1.807, 2.05) is 0 Å². The third-order valence-corrected chi connectivity index (χ3v) is 11.2. The van der Waals surface area contributed by atoms with Crippen LogP contribution >= 0.6 is 0 Å². The van der Waals surface area contributed by atoms with Crippen molar-refractivity contribution in [1.82, 2.24) is 0 Å². The fraction of sp³-hybridized carbons (Fsp3) is 0.896. The van der Waals surface area contributed by atoms with E-state index in [-0.39, 0.29) is 12.0 Å². The Hall–Kier alpha value is -1.37. The van der Waals surface area contributed by atoms with Crippen molar-refractivity contribution in [3.05, 3.63) is 24.7 Å². The third-order valence-electron chi connectivity index (χ3n) is 11.2. The first-order valence-corrected chi connectivity index (χ1v) is 23.2. The maximum Gasteiger partial charge on any atom is 0.133 e. The van der Waals surface area contributed by atoms with Crippen molar-refractivity contribution in [2.45, 2.75) is 214 Å². The zero-order chi connectivity index (χ0) is 39.7. The van der Waals surface area contributed by atoms with Crippen molar-refractivity contribution in [1.29, 1.82) is 0 Å². The number of Topliss-reactive ketones (excluding diaryl/α,β-unsaturated/α-hetero) is 1. The van der Waals surface area contributed by atoms with Crippen molar-refractivity contribution >= 4 is 5.78 Å². The third kappa shape index (κ3) is 29.9. The minimum atomic E-state index is 0.172. The summed E-state index contributed by atoms with van der Waals surface area (Å²) in [5, 5.41) is 0. The number of rotatable bonds is 42. The number of epoxide rings is 1. The van der Waals surface area contributed by atoms with E-state index in [1.165, 1.54) is 77.0 Å². The van der Waals surface area contributed by atoms with Crippen LogP contribution in [0, 0.1) is 23.7 Å². The Morgan fingerprint density at radius 3 is 1.76 bits per heavy atom. The van der Waals surface area contributed by atoms with Gasteiger partial charge < -0.3 is 23.7 Å². The van der Waals surface area contributed by atoms with E-state index >= 15 is 0 Å². The molecule has 1 aliphatic heterocycles. The van der Waals surface area contributed by atoms with Crippen LogP contribution in [0.4, 0.5) is 0 Å². The molecule has 1 fully saturated rings. The van der Waals surface area contributed by atoms with Crippen molar-refractivity contribution < 1.29 is 28.5 Å². The van der Waals surface area contributed by atoms with Crippen molar-refractivity contribution in [2.75, 3.05) is 39.6 Å². The average Bonchev–Trinajstić information content (AvgIpc) is 3.98. The second-order valence-corrected chi connectivity index (χ2v) is 16.9. The number of carbonyl (C=O) groups excluding carboxylic acids is 1. The number of allylic oxidation sites excluding steroid dienone is 2. The van der Waals surface area contributed by atoms with Gasteiger partial charge in [-0.05, 0) is 75.0 Å². The lowest BCUT2D eigenvalue weighted by molar-refractivity contribution is -0.120. The van der Waals surface area contributed by atoms with E-state index in [9.17, 15) is 4.79 Å². The molecule has 0 saturated carbocycles. The summed E-state index contributed by atoms with van der Waals surface area (Å²) in [7, 11) is 0. The molecule has 6 atom stereocenters. The quantitative estimate of drug-likeness (QED) is 0.0350. The Morgan fingerprint density at radius 1 is 0.648 bits per heavy atom. The molecule has 0 spiro atoms. The van der Waals surface area contributed by atoms with Gasteiger partial charge in [0.05, 0.1) is 50.2 Å². The van der Waals surface area contributed by atoms with Crippen molar-refractivity contribution in [2.24, 2.45) is 23.7 Å². The maximum atomic E-state index is 13.5. The smallest absolute Gasteiger partial charge is 0.133 e. The summed E-state index contributed by atoms with van der Waals surface area (Å²) in [6, 6.07) is 0. The molecule has 1 heterocycles. The molecule has 1 saturated heterocycles. The first-order valence-electron chi connectivity index (χ1n) is 23.2. The van der Waals surface area contributed by atoms with Crippen LogP contribution in [0.15, 0.2) is 24.7 Å². The highest BCUT2D eigenvalue weighted by molar-refractivity contribution is 5.78. The molecule has 6 heteroatoms. The molecule has 6 nitrogen and oxygen atoms in total. The van der Waals surface area contributed by atoms with E-state index in [4.69, 9.17) is 23.7 Å². The minimum Gasteiger partial charge on any atom is -0.499 e. The van der Waals surface area contributed by atoms with Crippen molar-refractivity contribution in [3.8, 4) is 0 Å². The van der Waals surface area contributed by atoms with Gasteiger partial charge >= 0.3 is 0 Å². The second kappa shape index (κ2) is 34.8. The van der Waals surface area contributed by atoms with Gasteiger partial charge in [0, 0.05) is 38.9 Å². The Labute approximate surface area is 335 Å². The summed E-state index contributed by atoms with van der Waals surface area (Å²) in [5.41, 5.74) is 0. The largest absolute Gasteiger partial charge is 0.499 e. The molecule has 54 heavy (non-hydrogen) atoms. The van der Waals surface area contributed by atoms with Crippen LogP contribution in [0.25, 0.3) is 0 Å². The Bertz CT molecular complexity index is 900. The van der Waals surface area contributed by atoms with E-state index in [1.54, 1.807) is 0 Å². The van der Waals surface area contributed by atoms with E-state index in [2.05, 4.69) is 54.7 Å². The van der Waals surface area contributed by atoms with Crippen molar-refractivity contribution in [3.63, 3.8) is 0 Å². The molecule has 0 aromatic carbocycles. The summed E-state index contributed by atoms with van der Waals surface area (Å²) >= 11 is 0. The molecule has 1 aliphatic rings. The van der Waals surface area contributed by atoms with Gasteiger partial charge in [0.25, 0.3) is 0 Å². The van der Waals surface area contributed by atoms with Crippen LogP contribution in [-0.4, -0.2) is 57.6 Å².